The Balaban J connectivity index is 2.48. The number of hydrogen-bond acceptors (Lipinski definition) is 3. The minimum atomic E-state index is -1.06. The van der Waals surface area contributed by atoms with E-state index in [9.17, 15) is 9.59 Å². The Kier molecular flexibility index (Phi) is 6.27. The van der Waals surface area contributed by atoms with Crippen LogP contribution in [0.1, 0.15) is 5.56 Å². The van der Waals surface area contributed by atoms with Gasteiger partial charge < -0.3 is 10.4 Å². The summed E-state index contributed by atoms with van der Waals surface area (Å²) in [6, 6.07) is 5.53. The Bertz CT molecular complexity index is 482. The molecule has 1 rings (SSSR count). The number of likely N-dealkylation sites (N-methyl/N-ethyl adjacent to an activating group) is 1. The Hall–Kier alpha value is -1.11. The maximum Gasteiger partial charge on any atom is 0.322 e. The van der Waals surface area contributed by atoms with Crippen molar-refractivity contribution in [3.05, 3.63) is 33.3 Å². The molecule has 0 heterocycles. The van der Waals surface area contributed by atoms with E-state index in [-0.39, 0.29) is 19.0 Å². The van der Waals surface area contributed by atoms with Crippen LogP contribution in [0.3, 0.4) is 0 Å². The molecule has 0 aliphatic carbocycles. The monoisotopic (exact) mass is 348 g/mol. The van der Waals surface area contributed by atoms with E-state index >= 15 is 0 Å². The molecule has 0 aliphatic rings. The molecule has 0 bridgehead atoms. The van der Waals surface area contributed by atoms with Gasteiger partial charge in [0.15, 0.2) is 0 Å². The van der Waals surface area contributed by atoms with Crippen LogP contribution in [0.2, 0.25) is 5.02 Å². The van der Waals surface area contributed by atoms with Crippen molar-refractivity contribution in [3.8, 4) is 0 Å². The molecule has 7 heteroatoms. The minimum Gasteiger partial charge on any atom is -0.480 e. The second kappa shape index (κ2) is 7.47. The zero-order valence-electron chi connectivity index (χ0n) is 10.3. The van der Waals surface area contributed by atoms with Crippen LogP contribution in [0.15, 0.2) is 22.7 Å². The largest absolute Gasteiger partial charge is 0.480 e. The van der Waals surface area contributed by atoms with Crippen LogP contribution in [0.5, 0.6) is 0 Å². The van der Waals surface area contributed by atoms with E-state index in [1.165, 1.54) is 0 Å². The average molecular weight is 350 g/mol. The first kappa shape index (κ1) is 15.9. The number of nitrogens with zero attached hydrogens (tertiary/aromatic N) is 1. The first-order chi connectivity index (χ1) is 8.88. The average Bonchev–Trinajstić information content (AvgIpc) is 2.30. The van der Waals surface area contributed by atoms with Gasteiger partial charge in [0, 0.05) is 16.0 Å². The van der Waals surface area contributed by atoms with Gasteiger partial charge in [0.1, 0.15) is 6.54 Å². The van der Waals surface area contributed by atoms with Crippen molar-refractivity contribution in [3.63, 3.8) is 0 Å². The molecule has 0 radical (unpaired) electrons. The van der Waals surface area contributed by atoms with Crippen LogP contribution in [0.25, 0.3) is 0 Å². The van der Waals surface area contributed by atoms with Gasteiger partial charge in [-0.2, -0.15) is 0 Å². The molecule has 0 aliphatic heterocycles. The molecule has 0 saturated carbocycles. The first-order valence-corrected chi connectivity index (χ1v) is 6.66. The van der Waals surface area contributed by atoms with E-state index < -0.39 is 5.97 Å². The number of carbonyl (C=O) groups excluding carboxylic acids is 1. The molecular formula is C12H14BrClN2O3. The Morgan fingerprint density at radius 3 is 2.74 bits per heavy atom. The first-order valence-electron chi connectivity index (χ1n) is 5.49. The molecule has 0 saturated heterocycles. The summed E-state index contributed by atoms with van der Waals surface area (Å²) in [5, 5.41) is 11.4. The van der Waals surface area contributed by atoms with Crippen molar-refractivity contribution in [1.82, 2.24) is 10.2 Å². The summed E-state index contributed by atoms with van der Waals surface area (Å²) in [5.41, 5.74) is 0.901. The van der Waals surface area contributed by atoms with Crippen LogP contribution < -0.4 is 5.32 Å². The van der Waals surface area contributed by atoms with Gasteiger partial charge in [-0.05, 0) is 24.7 Å². The summed E-state index contributed by atoms with van der Waals surface area (Å²) >= 11 is 9.40. The van der Waals surface area contributed by atoms with Crippen molar-refractivity contribution in [2.45, 2.75) is 6.54 Å². The number of benzene rings is 1. The number of carbonyl (C=O) groups is 2. The van der Waals surface area contributed by atoms with Gasteiger partial charge >= 0.3 is 5.97 Å². The molecule has 104 valence electrons. The third kappa shape index (κ3) is 6.04. The Morgan fingerprint density at radius 2 is 2.16 bits per heavy atom. The smallest absolute Gasteiger partial charge is 0.322 e. The van der Waals surface area contributed by atoms with Crippen LogP contribution in [-0.2, 0) is 16.1 Å². The zero-order valence-corrected chi connectivity index (χ0v) is 12.7. The molecule has 19 heavy (non-hydrogen) atoms. The second-order valence-corrected chi connectivity index (χ2v) is 5.40. The lowest BCUT2D eigenvalue weighted by Gasteiger charge is -2.16. The number of rotatable bonds is 6. The molecule has 0 atom stereocenters. The fourth-order valence-corrected chi connectivity index (χ4v) is 2.21. The molecule has 2 N–H and O–H groups in total. The van der Waals surface area contributed by atoms with E-state index in [4.69, 9.17) is 16.7 Å². The van der Waals surface area contributed by atoms with E-state index in [0.717, 1.165) is 10.0 Å². The van der Waals surface area contributed by atoms with E-state index in [1.54, 1.807) is 18.0 Å². The van der Waals surface area contributed by atoms with Crippen LogP contribution in [0.4, 0.5) is 0 Å². The lowest BCUT2D eigenvalue weighted by atomic mass is 10.2. The minimum absolute atomic E-state index is 0.111. The van der Waals surface area contributed by atoms with Crippen molar-refractivity contribution >= 4 is 39.4 Å². The van der Waals surface area contributed by atoms with Crippen LogP contribution >= 0.6 is 27.5 Å². The van der Waals surface area contributed by atoms with Gasteiger partial charge in [-0.3, -0.25) is 14.5 Å². The normalized spacial score (nSPS) is 10.5. The molecule has 0 spiro atoms. The number of halogens is 2. The van der Waals surface area contributed by atoms with E-state index in [1.807, 2.05) is 12.1 Å². The van der Waals surface area contributed by atoms with E-state index in [0.29, 0.717) is 11.6 Å². The molecule has 1 aromatic rings. The quantitative estimate of drug-likeness (QED) is 0.821. The molecule has 0 aromatic heterocycles. The molecule has 0 unspecified atom stereocenters. The Labute approximate surface area is 124 Å². The van der Waals surface area contributed by atoms with Crippen LogP contribution in [-0.4, -0.2) is 42.0 Å². The maximum atomic E-state index is 11.4. The van der Waals surface area contributed by atoms with Gasteiger partial charge in [-0.1, -0.05) is 33.6 Å². The van der Waals surface area contributed by atoms with E-state index in [2.05, 4.69) is 21.2 Å². The molecule has 1 aromatic carbocycles. The van der Waals surface area contributed by atoms with Gasteiger partial charge in [0.2, 0.25) is 5.91 Å². The predicted octanol–water partition coefficient (Wildman–Crippen LogP) is 1.74. The van der Waals surface area contributed by atoms with Crippen molar-refractivity contribution in [2.24, 2.45) is 0 Å². The highest BCUT2D eigenvalue weighted by atomic mass is 79.9. The summed E-state index contributed by atoms with van der Waals surface area (Å²) in [5.74, 6) is -1.40. The highest BCUT2D eigenvalue weighted by molar-refractivity contribution is 9.10. The lowest BCUT2D eigenvalue weighted by Crippen LogP contribution is -2.37. The Morgan fingerprint density at radius 1 is 1.47 bits per heavy atom. The van der Waals surface area contributed by atoms with Gasteiger partial charge in [0.05, 0.1) is 6.54 Å². The summed E-state index contributed by atoms with van der Waals surface area (Å²) < 4.78 is 0.892. The summed E-state index contributed by atoms with van der Waals surface area (Å²) in [7, 11) is 1.76. The highest BCUT2D eigenvalue weighted by Crippen LogP contribution is 2.22. The molecular weight excluding hydrogens is 336 g/mol. The summed E-state index contributed by atoms with van der Waals surface area (Å²) in [6.45, 7) is 0.248. The SMILES string of the molecule is CN(CC(=O)NCC(=O)O)Cc1ccc(Br)cc1Cl. The van der Waals surface area contributed by atoms with Crippen molar-refractivity contribution in [1.29, 1.82) is 0 Å². The molecule has 0 fully saturated rings. The fourth-order valence-electron chi connectivity index (χ4n) is 1.47. The number of amides is 1. The summed E-state index contributed by atoms with van der Waals surface area (Å²) in [6.07, 6.45) is 0. The standard InChI is InChI=1S/C12H14BrClN2O3/c1-16(7-11(17)15-5-12(18)19)6-8-2-3-9(13)4-10(8)14/h2-4H,5-7H2,1H3,(H,15,17)(H,18,19). The zero-order chi connectivity index (χ0) is 14.4. The number of aliphatic carboxylic acids is 1. The van der Waals surface area contributed by atoms with Crippen LogP contribution in [0, 0.1) is 0 Å². The second-order valence-electron chi connectivity index (χ2n) is 4.08. The molecule has 1 amide bonds. The van der Waals surface area contributed by atoms with Gasteiger partial charge in [-0.25, -0.2) is 0 Å². The van der Waals surface area contributed by atoms with Gasteiger partial charge in [0.25, 0.3) is 0 Å². The number of carboxylic acid groups (broad SMARTS) is 1. The van der Waals surface area contributed by atoms with Gasteiger partial charge in [-0.15, -0.1) is 0 Å². The maximum absolute atomic E-state index is 11.4. The summed E-state index contributed by atoms with van der Waals surface area (Å²) in [4.78, 5) is 23.5. The predicted molar refractivity (Wildman–Crippen MR) is 76.1 cm³/mol. The van der Waals surface area contributed by atoms with Crippen molar-refractivity contribution in [2.75, 3.05) is 20.1 Å². The topological polar surface area (TPSA) is 69.6 Å². The van der Waals surface area contributed by atoms with Crippen molar-refractivity contribution < 1.29 is 14.7 Å². The molecule has 5 nitrogen and oxygen atoms in total. The third-order valence-corrected chi connectivity index (χ3v) is 3.15. The third-order valence-electron chi connectivity index (χ3n) is 2.31. The fraction of sp³-hybridized carbons (Fsp3) is 0.333. The highest BCUT2D eigenvalue weighted by Gasteiger charge is 2.10. The number of carboxylic acids is 1. The number of hydrogen-bond donors (Lipinski definition) is 2. The lowest BCUT2D eigenvalue weighted by molar-refractivity contribution is -0.138. The number of nitrogens with one attached hydrogen (secondary N) is 1.